The first-order valence-corrected chi connectivity index (χ1v) is 9.71. The number of amides is 2. The summed E-state index contributed by atoms with van der Waals surface area (Å²) in [5.74, 6) is -0.285. The molecule has 1 unspecified atom stereocenters. The Labute approximate surface area is 169 Å². The lowest BCUT2D eigenvalue weighted by molar-refractivity contribution is -0.119. The molecule has 1 atom stereocenters. The maximum absolute atomic E-state index is 11.9. The van der Waals surface area contributed by atoms with Gasteiger partial charge in [0, 0.05) is 24.0 Å². The molecule has 0 aliphatic heterocycles. The number of aryl methyl sites for hydroxylation is 1. The van der Waals surface area contributed by atoms with Crippen LogP contribution in [0.2, 0.25) is 0 Å². The number of carbonyl (C=O) groups excluding carboxylic acids is 2. The van der Waals surface area contributed by atoms with Gasteiger partial charge in [-0.1, -0.05) is 59.3 Å². The van der Waals surface area contributed by atoms with Gasteiger partial charge in [-0.05, 0) is 47.7 Å². The van der Waals surface area contributed by atoms with Crippen molar-refractivity contribution < 1.29 is 9.59 Å². The third-order valence-electron chi connectivity index (χ3n) is 4.33. The van der Waals surface area contributed by atoms with Crippen LogP contribution in [0.5, 0.6) is 0 Å². The van der Waals surface area contributed by atoms with Crippen molar-refractivity contribution in [1.82, 2.24) is 10.6 Å². The van der Waals surface area contributed by atoms with E-state index >= 15 is 0 Å². The zero-order chi connectivity index (χ0) is 20.0. The van der Waals surface area contributed by atoms with Crippen LogP contribution < -0.4 is 10.6 Å². The molecule has 0 aliphatic carbocycles. The van der Waals surface area contributed by atoms with Gasteiger partial charge in [-0.3, -0.25) is 9.59 Å². The second-order valence-corrected chi connectivity index (χ2v) is 7.39. The molecule has 2 N–H and O–H groups in total. The molecule has 2 rings (SSSR count). The number of halogens is 1. The Hall–Kier alpha value is -2.40. The van der Waals surface area contributed by atoms with Gasteiger partial charge in [-0.15, -0.1) is 0 Å². The molecule has 0 aromatic heterocycles. The zero-order valence-corrected chi connectivity index (χ0v) is 17.7. The molecule has 5 heteroatoms. The lowest BCUT2D eigenvalue weighted by Crippen LogP contribution is -2.29. The molecule has 0 aliphatic rings. The van der Waals surface area contributed by atoms with E-state index in [9.17, 15) is 9.59 Å². The summed E-state index contributed by atoms with van der Waals surface area (Å²) in [5, 5.41) is 5.95. The van der Waals surface area contributed by atoms with Crippen LogP contribution in [0.25, 0.3) is 5.70 Å². The Bertz CT molecular complexity index is 840. The van der Waals surface area contributed by atoms with Gasteiger partial charge in [0.25, 0.3) is 0 Å². The highest BCUT2D eigenvalue weighted by molar-refractivity contribution is 9.10. The van der Waals surface area contributed by atoms with Gasteiger partial charge in [-0.25, -0.2) is 0 Å². The van der Waals surface area contributed by atoms with Crippen LogP contribution in [0.1, 0.15) is 50.4 Å². The van der Waals surface area contributed by atoms with Crippen molar-refractivity contribution in [3.63, 3.8) is 0 Å². The number of carbonyl (C=O) groups is 2. The molecule has 2 amide bonds. The van der Waals surface area contributed by atoms with E-state index in [4.69, 9.17) is 0 Å². The second kappa shape index (κ2) is 9.51. The fourth-order valence-electron chi connectivity index (χ4n) is 2.93. The van der Waals surface area contributed by atoms with E-state index in [1.807, 2.05) is 43.3 Å². The first-order valence-electron chi connectivity index (χ1n) is 8.92. The highest BCUT2D eigenvalue weighted by Gasteiger charge is 2.20. The van der Waals surface area contributed by atoms with E-state index < -0.39 is 0 Å². The average Bonchev–Trinajstić information content (AvgIpc) is 2.64. The van der Waals surface area contributed by atoms with E-state index in [1.54, 1.807) is 0 Å². The van der Waals surface area contributed by atoms with Crippen LogP contribution in [-0.4, -0.2) is 11.8 Å². The van der Waals surface area contributed by atoms with Crippen LogP contribution >= 0.6 is 15.9 Å². The van der Waals surface area contributed by atoms with E-state index in [-0.39, 0.29) is 17.9 Å². The molecule has 142 valence electrons. The fourth-order valence-corrected chi connectivity index (χ4v) is 3.19. The van der Waals surface area contributed by atoms with E-state index in [0.29, 0.717) is 5.70 Å². The highest BCUT2D eigenvalue weighted by Crippen LogP contribution is 2.29. The molecule has 0 spiro atoms. The summed E-state index contributed by atoms with van der Waals surface area (Å²) in [4.78, 5) is 23.7. The highest BCUT2D eigenvalue weighted by atomic mass is 79.9. The Morgan fingerprint density at radius 2 is 1.52 bits per heavy atom. The predicted octanol–water partition coefficient (Wildman–Crippen LogP) is 4.76. The molecular formula is C22H25BrN2O2. The third-order valence-corrected chi connectivity index (χ3v) is 4.86. The van der Waals surface area contributed by atoms with Crippen molar-refractivity contribution in [3.8, 4) is 0 Å². The summed E-state index contributed by atoms with van der Waals surface area (Å²) < 4.78 is 0.958. The molecule has 0 radical (unpaired) electrons. The number of rotatable bonds is 6. The fraction of sp³-hybridized carbons (Fsp3) is 0.273. The minimum Gasteiger partial charge on any atom is -0.346 e. The lowest BCUT2D eigenvalue weighted by atomic mass is 9.94. The van der Waals surface area contributed by atoms with Crippen LogP contribution in [0, 0.1) is 0 Å². The third kappa shape index (κ3) is 5.79. The van der Waals surface area contributed by atoms with Crippen molar-refractivity contribution in [2.75, 3.05) is 0 Å². The molecule has 0 fully saturated rings. The van der Waals surface area contributed by atoms with Crippen molar-refractivity contribution in [2.24, 2.45) is 0 Å². The van der Waals surface area contributed by atoms with Crippen LogP contribution in [0.4, 0.5) is 0 Å². The number of hydrogen-bond acceptors (Lipinski definition) is 2. The van der Waals surface area contributed by atoms with Gasteiger partial charge in [0.15, 0.2) is 0 Å². The molecule has 27 heavy (non-hydrogen) atoms. The molecule has 0 saturated carbocycles. The first-order chi connectivity index (χ1) is 12.8. The average molecular weight is 429 g/mol. The summed E-state index contributed by atoms with van der Waals surface area (Å²) in [6, 6.07) is 15.6. The standard InChI is InChI=1S/C22H25BrN2O2/c1-5-17-6-8-18(9-7-17)21(24-15(3)26)14(2)22(25-16(4)27)19-10-12-20(23)13-11-19/h6-13,21H,5H2,1-4H3,(H,24,26)(H,25,27)/b22-14-. The normalized spacial score (nSPS) is 12.8. The molecule has 0 bridgehead atoms. The summed E-state index contributed by atoms with van der Waals surface area (Å²) in [7, 11) is 0. The SMILES string of the molecule is CCc1ccc(C(NC(C)=O)/C(C)=C(\NC(C)=O)c2ccc(Br)cc2)cc1. The molecule has 0 saturated heterocycles. The molecule has 2 aromatic rings. The summed E-state index contributed by atoms with van der Waals surface area (Å²) in [6.45, 7) is 7.02. The number of nitrogens with one attached hydrogen (secondary N) is 2. The minimum absolute atomic E-state index is 0.128. The zero-order valence-electron chi connectivity index (χ0n) is 16.1. The Morgan fingerprint density at radius 3 is 2.00 bits per heavy atom. The Kier molecular flexibility index (Phi) is 7.36. The summed E-state index contributed by atoms with van der Waals surface area (Å²) >= 11 is 3.43. The Balaban J connectivity index is 2.57. The monoisotopic (exact) mass is 428 g/mol. The van der Waals surface area contributed by atoms with Crippen molar-refractivity contribution >= 4 is 33.4 Å². The minimum atomic E-state index is -0.334. The van der Waals surface area contributed by atoms with Gasteiger partial charge >= 0.3 is 0 Å². The van der Waals surface area contributed by atoms with Crippen LogP contribution in [-0.2, 0) is 16.0 Å². The van der Waals surface area contributed by atoms with Gasteiger partial charge in [0.1, 0.15) is 0 Å². The smallest absolute Gasteiger partial charge is 0.221 e. The first kappa shape index (κ1) is 20.9. The van der Waals surface area contributed by atoms with Crippen molar-refractivity contribution in [2.45, 2.75) is 40.2 Å². The molecule has 2 aromatic carbocycles. The maximum atomic E-state index is 11.9. The number of hydrogen-bond donors (Lipinski definition) is 2. The Morgan fingerprint density at radius 1 is 0.926 bits per heavy atom. The molecule has 4 nitrogen and oxygen atoms in total. The predicted molar refractivity (Wildman–Crippen MR) is 113 cm³/mol. The topological polar surface area (TPSA) is 58.2 Å². The van der Waals surface area contributed by atoms with E-state index in [0.717, 1.165) is 27.6 Å². The quantitative estimate of drug-likeness (QED) is 0.696. The van der Waals surface area contributed by atoms with Gasteiger partial charge in [0.05, 0.1) is 6.04 Å². The van der Waals surface area contributed by atoms with Crippen molar-refractivity contribution in [1.29, 1.82) is 0 Å². The summed E-state index contributed by atoms with van der Waals surface area (Å²) in [6.07, 6.45) is 0.954. The second-order valence-electron chi connectivity index (χ2n) is 6.47. The van der Waals surface area contributed by atoms with Crippen LogP contribution in [0.3, 0.4) is 0 Å². The van der Waals surface area contributed by atoms with Gasteiger partial charge < -0.3 is 10.6 Å². The van der Waals surface area contributed by atoms with E-state index in [1.165, 1.54) is 19.4 Å². The van der Waals surface area contributed by atoms with Gasteiger partial charge in [0.2, 0.25) is 11.8 Å². The van der Waals surface area contributed by atoms with Gasteiger partial charge in [-0.2, -0.15) is 0 Å². The molecular weight excluding hydrogens is 404 g/mol. The maximum Gasteiger partial charge on any atom is 0.221 e. The molecule has 0 heterocycles. The summed E-state index contributed by atoms with van der Waals surface area (Å²) in [5.41, 5.74) is 4.66. The lowest BCUT2D eigenvalue weighted by Gasteiger charge is -2.23. The van der Waals surface area contributed by atoms with Crippen LogP contribution in [0.15, 0.2) is 58.6 Å². The largest absolute Gasteiger partial charge is 0.346 e. The van der Waals surface area contributed by atoms with E-state index in [2.05, 4.69) is 45.6 Å². The number of benzene rings is 2. The van der Waals surface area contributed by atoms with Crippen molar-refractivity contribution in [3.05, 3.63) is 75.3 Å².